The zero-order valence-electron chi connectivity index (χ0n) is 17.5. The van der Waals surface area contributed by atoms with Crippen LogP contribution < -0.4 is 11.5 Å². The second kappa shape index (κ2) is 7.80. The first-order valence-electron chi connectivity index (χ1n) is 10.6. The summed E-state index contributed by atoms with van der Waals surface area (Å²) in [4.78, 5) is 15.8. The highest BCUT2D eigenvalue weighted by Gasteiger charge is 2.37. The number of hydrogen-bond acceptors (Lipinski definition) is 5. The molecule has 2 aliphatic rings. The molecule has 1 fully saturated rings. The molecule has 0 spiro atoms. The highest BCUT2D eigenvalue weighted by Crippen LogP contribution is 2.42. The highest BCUT2D eigenvalue weighted by atomic mass is 19.1. The second-order valence-electron chi connectivity index (χ2n) is 8.49. The minimum absolute atomic E-state index is 0.0381. The Morgan fingerprint density at radius 1 is 1.09 bits per heavy atom. The number of nitrogens with zero attached hydrogens (tertiary/aromatic N) is 1. The van der Waals surface area contributed by atoms with Crippen LogP contribution in [0.4, 0.5) is 18.9 Å². The molecule has 4 aromatic rings. The Labute approximate surface area is 185 Å². The van der Waals surface area contributed by atoms with Gasteiger partial charge < -0.3 is 15.8 Å². The SMILES string of the molecule is Nc1c(F)cc2[nH]cc(-c3noc(=O)[nH]3)c2c1F.OC1(c2cc(F)c3c(c2)CCC3)CCC1. The largest absolute Gasteiger partial charge is 0.439 e. The molecule has 2 aromatic heterocycles. The van der Waals surface area contributed by atoms with Gasteiger partial charge in [0.25, 0.3) is 0 Å². The Morgan fingerprint density at radius 3 is 2.55 bits per heavy atom. The molecule has 0 saturated heterocycles. The molecule has 1 saturated carbocycles. The van der Waals surface area contributed by atoms with Crippen LogP contribution in [0.3, 0.4) is 0 Å². The standard InChI is InChI=1S/C13H15FO.C10H6F2N4O2/c14-12-8-10(13(15)5-2-6-13)7-9-3-1-4-11(9)12;11-4-1-5-6(7(12)8(4)13)3(2-14-5)9-15-10(17)18-16-9/h7-8,15H,1-6H2;1-2,14H,13H2,(H,15,16,17). The predicted molar refractivity (Wildman–Crippen MR) is 115 cm³/mol. The summed E-state index contributed by atoms with van der Waals surface area (Å²) >= 11 is 0. The van der Waals surface area contributed by atoms with Gasteiger partial charge in [0, 0.05) is 23.2 Å². The van der Waals surface area contributed by atoms with Crippen LogP contribution in [0.1, 0.15) is 42.4 Å². The number of nitrogens with one attached hydrogen (secondary N) is 2. The number of anilines is 1. The Hall–Kier alpha value is -3.53. The van der Waals surface area contributed by atoms with E-state index in [0.29, 0.717) is 0 Å². The first-order chi connectivity index (χ1) is 15.8. The summed E-state index contributed by atoms with van der Waals surface area (Å²) in [6.45, 7) is 0. The first-order valence-corrected chi connectivity index (χ1v) is 10.6. The van der Waals surface area contributed by atoms with Gasteiger partial charge in [0.1, 0.15) is 11.5 Å². The molecule has 0 unspecified atom stereocenters. The van der Waals surface area contributed by atoms with E-state index in [2.05, 4.69) is 19.6 Å². The summed E-state index contributed by atoms with van der Waals surface area (Å²) in [6, 6.07) is 4.63. The van der Waals surface area contributed by atoms with Gasteiger partial charge in [0.05, 0.1) is 11.1 Å². The number of benzene rings is 2. The van der Waals surface area contributed by atoms with Gasteiger partial charge in [-0.1, -0.05) is 11.2 Å². The molecule has 10 heteroatoms. The molecule has 33 heavy (non-hydrogen) atoms. The fourth-order valence-corrected chi connectivity index (χ4v) is 4.49. The van der Waals surface area contributed by atoms with E-state index in [-0.39, 0.29) is 28.1 Å². The molecule has 5 N–H and O–H groups in total. The van der Waals surface area contributed by atoms with E-state index in [9.17, 15) is 23.1 Å². The quantitative estimate of drug-likeness (QED) is 0.338. The van der Waals surface area contributed by atoms with E-state index in [1.54, 1.807) is 6.07 Å². The number of aryl methyl sites for hydroxylation is 1. The molecule has 2 aliphatic carbocycles. The van der Waals surface area contributed by atoms with Gasteiger partial charge in [-0.05, 0) is 61.3 Å². The molecule has 0 amide bonds. The van der Waals surface area contributed by atoms with Crippen molar-refractivity contribution in [2.45, 2.75) is 44.1 Å². The van der Waals surface area contributed by atoms with Gasteiger partial charge in [0.2, 0.25) is 0 Å². The monoisotopic (exact) mass is 458 g/mol. The molecule has 0 bridgehead atoms. The predicted octanol–water partition coefficient (Wildman–Crippen LogP) is 4.06. The lowest BCUT2D eigenvalue weighted by atomic mass is 9.74. The number of H-pyrrole nitrogens is 2. The summed E-state index contributed by atoms with van der Waals surface area (Å²) in [5.41, 5.74) is 7.20. The van der Waals surface area contributed by atoms with Crippen molar-refractivity contribution in [1.29, 1.82) is 0 Å². The van der Waals surface area contributed by atoms with E-state index in [0.717, 1.165) is 61.3 Å². The molecular formula is C23H21F3N4O3. The van der Waals surface area contributed by atoms with E-state index in [1.165, 1.54) is 6.20 Å². The fraction of sp³-hybridized carbons (Fsp3) is 0.304. The van der Waals surface area contributed by atoms with Crippen LogP contribution >= 0.6 is 0 Å². The Bertz CT molecular complexity index is 1420. The molecule has 0 radical (unpaired) electrons. The minimum atomic E-state index is -0.912. The maximum Gasteiger partial charge on any atom is 0.439 e. The van der Waals surface area contributed by atoms with Crippen molar-refractivity contribution in [2.75, 3.05) is 5.73 Å². The fourth-order valence-electron chi connectivity index (χ4n) is 4.49. The van der Waals surface area contributed by atoms with Crippen molar-refractivity contribution in [3.8, 4) is 11.4 Å². The number of nitrogen functional groups attached to an aromatic ring is 1. The van der Waals surface area contributed by atoms with E-state index >= 15 is 0 Å². The zero-order chi connectivity index (χ0) is 23.3. The Kier molecular flexibility index (Phi) is 5.04. The van der Waals surface area contributed by atoms with E-state index in [4.69, 9.17) is 5.73 Å². The molecule has 0 atom stereocenters. The number of rotatable bonds is 2. The summed E-state index contributed by atoms with van der Waals surface area (Å²) < 4.78 is 45.2. The van der Waals surface area contributed by atoms with Crippen molar-refractivity contribution < 1.29 is 22.8 Å². The number of fused-ring (bicyclic) bond motifs is 2. The number of aromatic nitrogens is 3. The third-order valence-electron chi connectivity index (χ3n) is 6.47. The van der Waals surface area contributed by atoms with Crippen LogP contribution in [-0.4, -0.2) is 20.2 Å². The summed E-state index contributed by atoms with van der Waals surface area (Å²) in [7, 11) is 0. The van der Waals surface area contributed by atoms with Gasteiger partial charge >= 0.3 is 5.76 Å². The third-order valence-corrected chi connectivity index (χ3v) is 6.47. The summed E-state index contributed by atoms with van der Waals surface area (Å²) in [5, 5.41) is 13.6. The molecule has 0 aliphatic heterocycles. The molecular weight excluding hydrogens is 437 g/mol. The normalized spacial score (nSPS) is 16.2. The average Bonchev–Trinajstić information content (AvgIpc) is 3.50. The van der Waals surface area contributed by atoms with Crippen molar-refractivity contribution in [3.05, 3.63) is 69.1 Å². The second-order valence-corrected chi connectivity index (χ2v) is 8.49. The summed E-state index contributed by atoms with van der Waals surface area (Å²) in [5.74, 6) is -2.61. The van der Waals surface area contributed by atoms with E-state index in [1.807, 2.05) is 6.07 Å². The van der Waals surface area contributed by atoms with E-state index < -0.39 is 28.7 Å². The van der Waals surface area contributed by atoms with Crippen molar-refractivity contribution in [3.63, 3.8) is 0 Å². The Balaban J connectivity index is 0.000000140. The number of nitrogens with two attached hydrogens (primary N) is 1. The van der Waals surface area contributed by atoms with Crippen LogP contribution in [0.15, 0.2) is 33.7 Å². The zero-order valence-corrected chi connectivity index (χ0v) is 17.5. The lowest BCUT2D eigenvalue weighted by Gasteiger charge is -2.37. The maximum atomic E-state index is 13.9. The van der Waals surface area contributed by atoms with Crippen molar-refractivity contribution in [1.82, 2.24) is 15.1 Å². The lowest BCUT2D eigenvalue weighted by Crippen LogP contribution is -2.33. The average molecular weight is 458 g/mol. The van der Waals surface area contributed by atoms with Crippen LogP contribution in [0.25, 0.3) is 22.3 Å². The molecule has 7 nitrogen and oxygen atoms in total. The van der Waals surface area contributed by atoms with Gasteiger partial charge in [-0.2, -0.15) is 0 Å². The van der Waals surface area contributed by atoms with Crippen molar-refractivity contribution in [2.24, 2.45) is 0 Å². The number of aliphatic hydroxyl groups is 1. The van der Waals surface area contributed by atoms with Crippen LogP contribution in [0.5, 0.6) is 0 Å². The molecule has 6 rings (SSSR count). The highest BCUT2D eigenvalue weighted by molar-refractivity contribution is 5.96. The maximum absolute atomic E-state index is 13.9. The number of aromatic amines is 2. The third kappa shape index (κ3) is 3.60. The number of hydrogen-bond donors (Lipinski definition) is 4. The van der Waals surface area contributed by atoms with Gasteiger partial charge in [-0.15, -0.1) is 0 Å². The van der Waals surface area contributed by atoms with Gasteiger partial charge in [-0.3, -0.25) is 9.51 Å². The number of halogens is 3. The van der Waals surface area contributed by atoms with Crippen LogP contribution in [0, 0.1) is 17.5 Å². The molecule has 172 valence electrons. The Morgan fingerprint density at radius 2 is 1.88 bits per heavy atom. The van der Waals surface area contributed by atoms with Crippen molar-refractivity contribution >= 4 is 16.6 Å². The topological polar surface area (TPSA) is 121 Å². The smallest absolute Gasteiger partial charge is 0.394 e. The first kappa shape index (κ1) is 21.3. The summed E-state index contributed by atoms with van der Waals surface area (Å²) in [6.07, 6.45) is 6.87. The van der Waals surface area contributed by atoms with Gasteiger partial charge in [-0.25, -0.2) is 18.0 Å². The molecule has 2 heterocycles. The minimum Gasteiger partial charge on any atom is -0.394 e. The van der Waals surface area contributed by atoms with Crippen LogP contribution in [-0.2, 0) is 18.4 Å². The van der Waals surface area contributed by atoms with Crippen LogP contribution in [0.2, 0.25) is 0 Å². The lowest BCUT2D eigenvalue weighted by molar-refractivity contribution is -0.0390. The van der Waals surface area contributed by atoms with Gasteiger partial charge in [0.15, 0.2) is 17.5 Å². The molecule has 2 aromatic carbocycles.